The SMILES string of the molecule is CCc1cccc(NC(=O)CNC(C(N)=O)c2ccc(Br)cc2)c1. The van der Waals surface area contributed by atoms with Crippen LogP contribution in [0.5, 0.6) is 0 Å². The number of aryl methyl sites for hydroxylation is 1. The second-order valence-electron chi connectivity index (χ2n) is 5.37. The fraction of sp³-hybridized carbons (Fsp3) is 0.222. The lowest BCUT2D eigenvalue weighted by Gasteiger charge is -2.16. The number of nitrogens with one attached hydrogen (secondary N) is 2. The average molecular weight is 390 g/mol. The Morgan fingerprint density at radius 1 is 1.17 bits per heavy atom. The molecule has 2 rings (SSSR count). The topological polar surface area (TPSA) is 84.2 Å². The Labute approximate surface area is 149 Å². The summed E-state index contributed by atoms with van der Waals surface area (Å²) in [5, 5.41) is 5.71. The Morgan fingerprint density at radius 2 is 1.88 bits per heavy atom. The predicted octanol–water partition coefficient (Wildman–Crippen LogP) is 2.77. The molecule has 0 spiro atoms. The normalized spacial score (nSPS) is 11.8. The highest BCUT2D eigenvalue weighted by atomic mass is 79.9. The largest absolute Gasteiger partial charge is 0.368 e. The Balaban J connectivity index is 1.97. The Kier molecular flexibility index (Phi) is 6.52. The zero-order chi connectivity index (χ0) is 17.5. The summed E-state index contributed by atoms with van der Waals surface area (Å²) >= 11 is 3.34. The molecule has 0 fully saturated rings. The quantitative estimate of drug-likeness (QED) is 0.680. The maximum atomic E-state index is 12.1. The lowest BCUT2D eigenvalue weighted by molar-refractivity contribution is -0.120. The summed E-state index contributed by atoms with van der Waals surface area (Å²) in [5.74, 6) is -0.760. The van der Waals surface area contributed by atoms with Crippen LogP contribution in [0.2, 0.25) is 0 Å². The molecule has 0 bridgehead atoms. The van der Waals surface area contributed by atoms with Gasteiger partial charge in [0.15, 0.2) is 0 Å². The second-order valence-corrected chi connectivity index (χ2v) is 6.29. The summed E-state index contributed by atoms with van der Waals surface area (Å²) in [6.45, 7) is 2.04. The first-order valence-electron chi connectivity index (χ1n) is 7.66. The number of rotatable bonds is 7. The summed E-state index contributed by atoms with van der Waals surface area (Å²) < 4.78 is 0.906. The van der Waals surface area contributed by atoms with E-state index in [2.05, 4.69) is 33.5 Å². The van der Waals surface area contributed by atoms with Gasteiger partial charge in [0.1, 0.15) is 6.04 Å². The highest BCUT2D eigenvalue weighted by molar-refractivity contribution is 9.10. The van der Waals surface area contributed by atoms with Crippen molar-refractivity contribution in [3.05, 3.63) is 64.1 Å². The van der Waals surface area contributed by atoms with Crippen molar-refractivity contribution < 1.29 is 9.59 Å². The highest BCUT2D eigenvalue weighted by Crippen LogP contribution is 2.17. The van der Waals surface area contributed by atoms with Crippen LogP contribution in [0.3, 0.4) is 0 Å². The Morgan fingerprint density at radius 3 is 2.50 bits per heavy atom. The zero-order valence-corrected chi connectivity index (χ0v) is 15.0. The molecule has 0 heterocycles. The molecule has 0 aliphatic rings. The monoisotopic (exact) mass is 389 g/mol. The molecule has 1 atom stereocenters. The highest BCUT2D eigenvalue weighted by Gasteiger charge is 2.18. The number of amides is 2. The molecule has 5 nitrogen and oxygen atoms in total. The van der Waals surface area contributed by atoms with E-state index in [4.69, 9.17) is 5.73 Å². The lowest BCUT2D eigenvalue weighted by atomic mass is 10.1. The molecule has 2 aromatic rings. The van der Waals surface area contributed by atoms with Crippen LogP contribution in [-0.2, 0) is 16.0 Å². The van der Waals surface area contributed by atoms with Gasteiger partial charge in [0.05, 0.1) is 6.54 Å². The number of nitrogens with two attached hydrogens (primary N) is 1. The van der Waals surface area contributed by atoms with Gasteiger partial charge in [0.25, 0.3) is 0 Å². The van der Waals surface area contributed by atoms with E-state index in [1.807, 2.05) is 36.4 Å². The van der Waals surface area contributed by atoms with E-state index in [-0.39, 0.29) is 12.5 Å². The van der Waals surface area contributed by atoms with Crippen molar-refractivity contribution in [1.82, 2.24) is 5.32 Å². The molecule has 0 aromatic heterocycles. The molecule has 6 heteroatoms. The van der Waals surface area contributed by atoms with Gasteiger partial charge >= 0.3 is 0 Å². The second kappa shape index (κ2) is 8.61. The van der Waals surface area contributed by atoms with Gasteiger partial charge in [-0.3, -0.25) is 14.9 Å². The third-order valence-electron chi connectivity index (χ3n) is 3.57. The van der Waals surface area contributed by atoms with E-state index >= 15 is 0 Å². The summed E-state index contributed by atoms with van der Waals surface area (Å²) in [7, 11) is 0. The van der Waals surface area contributed by atoms with E-state index in [1.165, 1.54) is 0 Å². The fourth-order valence-electron chi connectivity index (χ4n) is 2.31. The van der Waals surface area contributed by atoms with Crippen molar-refractivity contribution in [1.29, 1.82) is 0 Å². The third kappa shape index (κ3) is 5.18. The van der Waals surface area contributed by atoms with Crippen LogP contribution in [0.4, 0.5) is 5.69 Å². The minimum atomic E-state index is -0.717. The van der Waals surface area contributed by atoms with E-state index in [0.717, 1.165) is 22.1 Å². The zero-order valence-electron chi connectivity index (χ0n) is 13.4. The molecule has 0 radical (unpaired) electrons. The average Bonchev–Trinajstić information content (AvgIpc) is 2.56. The number of carbonyl (C=O) groups excluding carboxylic acids is 2. The number of benzene rings is 2. The summed E-state index contributed by atoms with van der Waals surface area (Å²) in [5.41, 5.74) is 8.03. The molecule has 0 aliphatic carbocycles. The molecule has 126 valence electrons. The predicted molar refractivity (Wildman–Crippen MR) is 98.5 cm³/mol. The molecule has 2 aromatic carbocycles. The fourth-order valence-corrected chi connectivity index (χ4v) is 2.57. The number of anilines is 1. The van der Waals surface area contributed by atoms with Crippen LogP contribution in [0, 0.1) is 0 Å². The Hall–Kier alpha value is -2.18. The van der Waals surface area contributed by atoms with Gasteiger partial charge in [-0.2, -0.15) is 0 Å². The van der Waals surface area contributed by atoms with Gasteiger partial charge in [-0.05, 0) is 41.8 Å². The van der Waals surface area contributed by atoms with Crippen molar-refractivity contribution in [3.8, 4) is 0 Å². The molecule has 1 unspecified atom stereocenters. The van der Waals surface area contributed by atoms with Crippen molar-refractivity contribution in [3.63, 3.8) is 0 Å². The number of hydrogen-bond donors (Lipinski definition) is 3. The van der Waals surface area contributed by atoms with Gasteiger partial charge in [-0.1, -0.05) is 47.1 Å². The maximum Gasteiger partial charge on any atom is 0.239 e. The molecular formula is C18H20BrN3O2. The number of primary amides is 1. The van der Waals surface area contributed by atoms with Crippen LogP contribution < -0.4 is 16.4 Å². The molecule has 0 saturated heterocycles. The maximum absolute atomic E-state index is 12.1. The smallest absolute Gasteiger partial charge is 0.239 e. The molecule has 0 saturated carbocycles. The standard InChI is InChI=1S/C18H20BrN3O2/c1-2-12-4-3-5-15(10-12)22-16(23)11-21-17(18(20)24)13-6-8-14(19)9-7-13/h3-10,17,21H,2,11H2,1H3,(H2,20,24)(H,22,23). The minimum absolute atomic E-state index is 0.0139. The van der Waals surface area contributed by atoms with Crippen LogP contribution in [0.15, 0.2) is 53.0 Å². The lowest BCUT2D eigenvalue weighted by Crippen LogP contribution is -2.38. The summed E-state index contributed by atoms with van der Waals surface area (Å²) in [4.78, 5) is 23.7. The van der Waals surface area contributed by atoms with Crippen molar-refractivity contribution in [2.45, 2.75) is 19.4 Å². The molecule has 24 heavy (non-hydrogen) atoms. The van der Waals surface area contributed by atoms with Gasteiger partial charge < -0.3 is 11.1 Å². The van der Waals surface area contributed by atoms with Gasteiger partial charge in [0, 0.05) is 10.2 Å². The molecular weight excluding hydrogens is 370 g/mol. The van der Waals surface area contributed by atoms with Crippen molar-refractivity contribution in [2.24, 2.45) is 5.73 Å². The van der Waals surface area contributed by atoms with Crippen LogP contribution in [0.25, 0.3) is 0 Å². The number of carbonyl (C=O) groups is 2. The van der Waals surface area contributed by atoms with Crippen LogP contribution >= 0.6 is 15.9 Å². The Bertz CT molecular complexity index is 716. The first-order valence-corrected chi connectivity index (χ1v) is 8.46. The van der Waals surface area contributed by atoms with Crippen molar-refractivity contribution in [2.75, 3.05) is 11.9 Å². The van der Waals surface area contributed by atoms with Crippen LogP contribution in [0.1, 0.15) is 24.1 Å². The first-order chi connectivity index (χ1) is 11.5. The van der Waals surface area contributed by atoms with Gasteiger partial charge in [0.2, 0.25) is 11.8 Å². The summed E-state index contributed by atoms with van der Waals surface area (Å²) in [6.07, 6.45) is 0.898. The molecule has 4 N–H and O–H groups in total. The number of halogens is 1. The third-order valence-corrected chi connectivity index (χ3v) is 4.10. The first kappa shape index (κ1) is 18.2. The minimum Gasteiger partial charge on any atom is -0.368 e. The molecule has 0 aliphatic heterocycles. The van der Waals surface area contributed by atoms with E-state index in [9.17, 15) is 9.59 Å². The van der Waals surface area contributed by atoms with Gasteiger partial charge in [-0.15, -0.1) is 0 Å². The van der Waals surface area contributed by atoms with Crippen LogP contribution in [-0.4, -0.2) is 18.4 Å². The van der Waals surface area contributed by atoms with E-state index in [1.54, 1.807) is 12.1 Å². The van der Waals surface area contributed by atoms with Gasteiger partial charge in [-0.25, -0.2) is 0 Å². The number of hydrogen-bond acceptors (Lipinski definition) is 3. The van der Waals surface area contributed by atoms with E-state index < -0.39 is 11.9 Å². The molecule has 2 amide bonds. The summed E-state index contributed by atoms with van der Waals surface area (Å²) in [6, 6.07) is 14.2. The van der Waals surface area contributed by atoms with Crippen molar-refractivity contribution >= 4 is 33.4 Å². The van der Waals surface area contributed by atoms with E-state index in [0.29, 0.717) is 5.56 Å².